The van der Waals surface area contributed by atoms with Gasteiger partial charge in [-0.25, -0.2) is 9.48 Å². The molecule has 1 aromatic heterocycles. The molecule has 0 aliphatic heterocycles. The van der Waals surface area contributed by atoms with Gasteiger partial charge >= 0.3 is 6.03 Å². The molecule has 0 saturated carbocycles. The standard InChI is InChI=1S/C17H24N4O3/c1-4-14(22)10-11-18-17(24)19-15-12(2)20(3)21(16(15)23)13-8-6-5-7-9-13/h5-9,14,22H,4,10-11H2,1-3H3,(H2,18,19,24). The summed E-state index contributed by atoms with van der Waals surface area (Å²) in [5, 5.41) is 14.8. The number of amides is 2. The maximum atomic E-state index is 12.6. The Balaban J connectivity index is 2.15. The van der Waals surface area contributed by atoms with Crippen LogP contribution in [0.3, 0.4) is 0 Å². The molecule has 2 amide bonds. The molecule has 1 aromatic carbocycles. The van der Waals surface area contributed by atoms with E-state index in [0.29, 0.717) is 25.1 Å². The van der Waals surface area contributed by atoms with Gasteiger partial charge in [-0.05, 0) is 31.9 Å². The van der Waals surface area contributed by atoms with Crippen molar-refractivity contribution in [1.29, 1.82) is 0 Å². The summed E-state index contributed by atoms with van der Waals surface area (Å²) in [4.78, 5) is 24.6. The number of benzene rings is 1. The molecule has 0 radical (unpaired) electrons. The predicted molar refractivity (Wildman–Crippen MR) is 93.7 cm³/mol. The van der Waals surface area contributed by atoms with E-state index in [1.54, 1.807) is 18.7 Å². The minimum atomic E-state index is -0.454. The minimum absolute atomic E-state index is 0.245. The summed E-state index contributed by atoms with van der Waals surface area (Å²) in [5.74, 6) is 0. The number of carbonyl (C=O) groups excluding carboxylic acids is 1. The molecule has 1 atom stereocenters. The molecule has 2 aromatic rings. The average Bonchev–Trinajstić information content (AvgIpc) is 2.79. The molecular formula is C17H24N4O3. The van der Waals surface area contributed by atoms with Crippen LogP contribution in [0.1, 0.15) is 25.5 Å². The molecule has 1 heterocycles. The van der Waals surface area contributed by atoms with Crippen LogP contribution < -0.4 is 16.2 Å². The molecule has 0 saturated heterocycles. The van der Waals surface area contributed by atoms with Gasteiger partial charge in [0, 0.05) is 13.6 Å². The summed E-state index contributed by atoms with van der Waals surface area (Å²) in [6.45, 7) is 4.00. The summed E-state index contributed by atoms with van der Waals surface area (Å²) in [6.07, 6.45) is 0.688. The van der Waals surface area contributed by atoms with Crippen LogP contribution in [-0.2, 0) is 7.05 Å². The first-order valence-corrected chi connectivity index (χ1v) is 8.02. The first kappa shape index (κ1) is 17.8. The van der Waals surface area contributed by atoms with E-state index in [9.17, 15) is 14.7 Å². The highest BCUT2D eigenvalue weighted by atomic mass is 16.3. The van der Waals surface area contributed by atoms with E-state index in [1.165, 1.54) is 4.68 Å². The Morgan fingerprint density at radius 3 is 2.58 bits per heavy atom. The molecule has 0 aliphatic rings. The van der Waals surface area contributed by atoms with Crippen molar-refractivity contribution in [2.75, 3.05) is 11.9 Å². The van der Waals surface area contributed by atoms with Gasteiger partial charge in [0.25, 0.3) is 5.56 Å². The maximum Gasteiger partial charge on any atom is 0.319 e. The van der Waals surface area contributed by atoms with Crippen molar-refractivity contribution in [2.24, 2.45) is 7.05 Å². The molecule has 3 N–H and O–H groups in total. The lowest BCUT2D eigenvalue weighted by Gasteiger charge is -2.09. The predicted octanol–water partition coefficient (Wildman–Crippen LogP) is 1.77. The van der Waals surface area contributed by atoms with Gasteiger partial charge in [0.1, 0.15) is 5.69 Å². The van der Waals surface area contributed by atoms with Crippen LogP contribution >= 0.6 is 0 Å². The number of aliphatic hydroxyl groups excluding tert-OH is 1. The molecule has 0 bridgehead atoms. The topological polar surface area (TPSA) is 88.3 Å². The Morgan fingerprint density at radius 2 is 1.96 bits per heavy atom. The van der Waals surface area contributed by atoms with Gasteiger partial charge in [0.05, 0.1) is 17.5 Å². The van der Waals surface area contributed by atoms with Gasteiger partial charge in [-0.15, -0.1) is 0 Å². The highest BCUT2D eigenvalue weighted by molar-refractivity contribution is 5.89. The number of para-hydroxylation sites is 1. The zero-order chi connectivity index (χ0) is 17.7. The lowest BCUT2D eigenvalue weighted by molar-refractivity contribution is 0.160. The largest absolute Gasteiger partial charge is 0.393 e. The average molecular weight is 332 g/mol. The Morgan fingerprint density at radius 1 is 1.29 bits per heavy atom. The van der Waals surface area contributed by atoms with Crippen molar-refractivity contribution < 1.29 is 9.90 Å². The molecule has 7 nitrogen and oxygen atoms in total. The molecule has 2 rings (SSSR count). The number of aliphatic hydroxyl groups is 1. The molecular weight excluding hydrogens is 308 g/mol. The second-order valence-corrected chi connectivity index (χ2v) is 5.67. The Bertz CT molecular complexity index is 749. The van der Waals surface area contributed by atoms with Gasteiger partial charge in [0.15, 0.2) is 0 Å². The van der Waals surface area contributed by atoms with Gasteiger partial charge in [-0.3, -0.25) is 9.48 Å². The van der Waals surface area contributed by atoms with Gasteiger partial charge < -0.3 is 15.7 Å². The van der Waals surface area contributed by atoms with Crippen LogP contribution in [0.5, 0.6) is 0 Å². The first-order chi connectivity index (χ1) is 11.5. The van der Waals surface area contributed by atoms with Crippen LogP contribution in [0.2, 0.25) is 0 Å². The summed E-state index contributed by atoms with van der Waals surface area (Å²) in [5.41, 5.74) is 1.35. The monoisotopic (exact) mass is 332 g/mol. The third-order valence-electron chi connectivity index (χ3n) is 4.03. The number of nitrogens with zero attached hydrogens (tertiary/aromatic N) is 2. The van der Waals surface area contributed by atoms with Crippen molar-refractivity contribution >= 4 is 11.7 Å². The Kier molecular flexibility index (Phi) is 5.81. The van der Waals surface area contributed by atoms with E-state index in [4.69, 9.17) is 0 Å². The number of hydrogen-bond acceptors (Lipinski definition) is 3. The lowest BCUT2D eigenvalue weighted by atomic mass is 10.2. The first-order valence-electron chi connectivity index (χ1n) is 8.02. The van der Waals surface area contributed by atoms with Gasteiger partial charge in [0.2, 0.25) is 0 Å². The number of rotatable bonds is 6. The second kappa shape index (κ2) is 7.83. The van der Waals surface area contributed by atoms with Crippen LogP contribution in [-0.4, -0.2) is 33.1 Å². The maximum absolute atomic E-state index is 12.6. The van der Waals surface area contributed by atoms with E-state index < -0.39 is 12.1 Å². The normalized spacial score (nSPS) is 12.0. The number of carbonyl (C=O) groups is 1. The van der Waals surface area contributed by atoms with Crippen LogP contribution in [0.4, 0.5) is 10.5 Å². The van der Waals surface area contributed by atoms with Gasteiger partial charge in [-0.1, -0.05) is 25.1 Å². The molecule has 130 valence electrons. The second-order valence-electron chi connectivity index (χ2n) is 5.67. The molecule has 0 spiro atoms. The number of aromatic nitrogens is 2. The van der Waals surface area contributed by atoms with Crippen molar-refractivity contribution in [3.05, 3.63) is 46.4 Å². The number of hydrogen-bond donors (Lipinski definition) is 3. The number of anilines is 1. The lowest BCUT2D eigenvalue weighted by Crippen LogP contribution is -2.33. The SMILES string of the molecule is CCC(O)CCNC(=O)Nc1c(C)n(C)n(-c2ccccc2)c1=O. The fourth-order valence-corrected chi connectivity index (χ4v) is 2.43. The quantitative estimate of drug-likeness (QED) is 0.753. The third kappa shape index (κ3) is 3.86. The third-order valence-corrected chi connectivity index (χ3v) is 4.03. The Labute approximate surface area is 140 Å². The van der Waals surface area contributed by atoms with E-state index in [2.05, 4.69) is 10.6 Å². The van der Waals surface area contributed by atoms with E-state index in [0.717, 1.165) is 5.69 Å². The zero-order valence-electron chi connectivity index (χ0n) is 14.2. The van der Waals surface area contributed by atoms with Crippen LogP contribution in [0, 0.1) is 6.92 Å². The molecule has 24 heavy (non-hydrogen) atoms. The molecule has 0 fully saturated rings. The van der Waals surface area contributed by atoms with Gasteiger partial charge in [-0.2, -0.15) is 0 Å². The highest BCUT2D eigenvalue weighted by Crippen LogP contribution is 2.13. The van der Waals surface area contributed by atoms with Crippen molar-refractivity contribution in [3.8, 4) is 5.69 Å². The summed E-state index contributed by atoms with van der Waals surface area (Å²) in [7, 11) is 1.77. The van der Waals surface area contributed by atoms with Crippen LogP contribution in [0.25, 0.3) is 5.69 Å². The summed E-state index contributed by atoms with van der Waals surface area (Å²) < 4.78 is 3.21. The summed E-state index contributed by atoms with van der Waals surface area (Å²) >= 11 is 0. The van der Waals surface area contributed by atoms with E-state index in [-0.39, 0.29) is 11.2 Å². The fraction of sp³-hybridized carbons (Fsp3) is 0.412. The molecule has 7 heteroatoms. The minimum Gasteiger partial charge on any atom is -0.393 e. The number of urea groups is 1. The summed E-state index contributed by atoms with van der Waals surface area (Å²) in [6, 6.07) is 8.78. The highest BCUT2D eigenvalue weighted by Gasteiger charge is 2.17. The van der Waals surface area contributed by atoms with E-state index >= 15 is 0 Å². The zero-order valence-corrected chi connectivity index (χ0v) is 14.2. The fourth-order valence-electron chi connectivity index (χ4n) is 2.43. The molecule has 0 aliphatic carbocycles. The van der Waals surface area contributed by atoms with E-state index in [1.807, 2.05) is 37.3 Å². The Hall–Kier alpha value is -2.54. The number of nitrogens with one attached hydrogen (secondary N) is 2. The van der Waals surface area contributed by atoms with Crippen LogP contribution in [0.15, 0.2) is 35.1 Å². The molecule has 1 unspecified atom stereocenters. The van der Waals surface area contributed by atoms with Crippen molar-refractivity contribution in [3.63, 3.8) is 0 Å². The van der Waals surface area contributed by atoms with Crippen molar-refractivity contribution in [2.45, 2.75) is 32.8 Å². The van der Waals surface area contributed by atoms with Crippen molar-refractivity contribution in [1.82, 2.24) is 14.7 Å². The smallest absolute Gasteiger partial charge is 0.319 e.